The lowest BCUT2D eigenvalue weighted by atomic mass is 9.99. The molecule has 0 radical (unpaired) electrons. The minimum Gasteiger partial charge on any atom is -0.462 e. The van der Waals surface area contributed by atoms with E-state index in [0.717, 1.165) is 70.1 Å². The monoisotopic (exact) mass is 709 g/mol. The minimum atomic E-state index is -0.757. The zero-order chi connectivity index (χ0) is 36.8. The lowest BCUT2D eigenvalue weighted by Crippen LogP contribution is -2.30. The molecule has 0 aliphatic heterocycles. The van der Waals surface area contributed by atoms with Crippen molar-refractivity contribution in [3.8, 4) is 0 Å². The summed E-state index contributed by atoms with van der Waals surface area (Å²) in [5, 5.41) is 0. The highest BCUT2D eigenvalue weighted by molar-refractivity contribution is 5.71. The Balaban J connectivity index is 4.16. The van der Waals surface area contributed by atoms with Gasteiger partial charge in [-0.2, -0.15) is 0 Å². The third-order valence-corrected chi connectivity index (χ3v) is 10.2. The summed E-state index contributed by atoms with van der Waals surface area (Å²) in [4.78, 5) is 37.4. The molecule has 2 atom stereocenters. The van der Waals surface area contributed by atoms with Crippen LogP contribution in [0.2, 0.25) is 0 Å². The number of unbranched alkanes of at least 4 members (excludes halogenated alkanes) is 25. The summed E-state index contributed by atoms with van der Waals surface area (Å²) in [6, 6.07) is 0. The molecule has 0 aliphatic carbocycles. The maximum atomic E-state index is 12.5. The van der Waals surface area contributed by atoms with Crippen molar-refractivity contribution >= 4 is 17.9 Å². The Morgan fingerprint density at radius 3 is 1.04 bits per heavy atom. The van der Waals surface area contributed by atoms with Crippen LogP contribution >= 0.6 is 0 Å². The van der Waals surface area contributed by atoms with Crippen molar-refractivity contribution < 1.29 is 28.6 Å². The predicted octanol–water partition coefficient (Wildman–Crippen LogP) is 13.6. The van der Waals surface area contributed by atoms with E-state index in [2.05, 4.69) is 27.7 Å². The molecule has 0 rings (SSSR count). The number of hydrogen-bond acceptors (Lipinski definition) is 6. The number of ether oxygens (including phenoxy) is 3. The summed E-state index contributed by atoms with van der Waals surface area (Å²) in [5.41, 5.74) is 0. The summed E-state index contributed by atoms with van der Waals surface area (Å²) < 4.78 is 16.6. The van der Waals surface area contributed by atoms with E-state index < -0.39 is 6.10 Å². The van der Waals surface area contributed by atoms with Crippen molar-refractivity contribution in [1.82, 2.24) is 0 Å². The van der Waals surface area contributed by atoms with E-state index in [1.54, 1.807) is 0 Å². The molecule has 0 heterocycles. The number of rotatable bonds is 39. The van der Waals surface area contributed by atoms with E-state index in [1.807, 2.05) is 0 Å². The van der Waals surface area contributed by atoms with Gasteiger partial charge in [0.25, 0.3) is 0 Å². The fraction of sp³-hybridized carbons (Fsp3) is 0.932. The molecule has 6 heteroatoms. The van der Waals surface area contributed by atoms with Crippen molar-refractivity contribution in [3.05, 3.63) is 0 Å². The van der Waals surface area contributed by atoms with Gasteiger partial charge in [0.2, 0.25) is 0 Å². The van der Waals surface area contributed by atoms with Gasteiger partial charge >= 0.3 is 17.9 Å². The van der Waals surface area contributed by atoms with Gasteiger partial charge in [-0.05, 0) is 25.2 Å². The van der Waals surface area contributed by atoms with E-state index in [-0.39, 0.29) is 31.1 Å². The average molecular weight is 709 g/mol. The number of esters is 3. The zero-order valence-electron chi connectivity index (χ0n) is 33.9. The molecule has 50 heavy (non-hydrogen) atoms. The Labute approximate surface area is 310 Å². The fourth-order valence-corrected chi connectivity index (χ4v) is 6.42. The van der Waals surface area contributed by atoms with E-state index in [4.69, 9.17) is 14.2 Å². The second-order valence-electron chi connectivity index (χ2n) is 15.2. The molecule has 0 aromatic rings. The SMILES string of the molecule is CCCCCCCCCCCCCCCCCC(=O)OC[C@H](COC(=O)CCCCCCCCCCC(C)CC)OC(=O)CCCCCCC. The largest absolute Gasteiger partial charge is 0.462 e. The van der Waals surface area contributed by atoms with E-state index in [0.29, 0.717) is 19.3 Å². The third-order valence-electron chi connectivity index (χ3n) is 10.2. The Morgan fingerprint density at radius 1 is 0.400 bits per heavy atom. The standard InChI is InChI=1S/C44H84O6/c1-5-8-10-12-13-14-15-16-17-18-19-20-24-28-31-35-42(45)48-38-41(50-44(47)37-33-26-11-9-6-2)39-49-43(46)36-32-29-25-22-21-23-27-30-34-40(4)7-3/h40-41H,5-39H2,1-4H3/t40?,41-/m1/s1. The molecular weight excluding hydrogens is 624 g/mol. The number of carbonyl (C=O) groups is 3. The average Bonchev–Trinajstić information content (AvgIpc) is 3.11. The lowest BCUT2D eigenvalue weighted by molar-refractivity contribution is -0.167. The summed E-state index contributed by atoms with van der Waals surface area (Å²) in [6.45, 7) is 8.91. The van der Waals surface area contributed by atoms with Crippen LogP contribution in [0.4, 0.5) is 0 Å². The Morgan fingerprint density at radius 2 is 0.700 bits per heavy atom. The molecule has 0 aromatic carbocycles. The maximum Gasteiger partial charge on any atom is 0.306 e. The van der Waals surface area contributed by atoms with Crippen molar-refractivity contribution in [3.63, 3.8) is 0 Å². The van der Waals surface area contributed by atoms with Gasteiger partial charge in [0, 0.05) is 19.3 Å². The van der Waals surface area contributed by atoms with Gasteiger partial charge < -0.3 is 14.2 Å². The minimum absolute atomic E-state index is 0.0657. The van der Waals surface area contributed by atoms with Gasteiger partial charge in [-0.3, -0.25) is 14.4 Å². The maximum absolute atomic E-state index is 12.5. The highest BCUT2D eigenvalue weighted by Crippen LogP contribution is 2.16. The molecule has 296 valence electrons. The van der Waals surface area contributed by atoms with Crippen LogP contribution in [0.25, 0.3) is 0 Å². The highest BCUT2D eigenvalue weighted by atomic mass is 16.6. The fourth-order valence-electron chi connectivity index (χ4n) is 6.42. The summed E-state index contributed by atoms with van der Waals surface area (Å²) in [5.74, 6) is -0.0243. The van der Waals surface area contributed by atoms with E-state index in [1.165, 1.54) is 128 Å². The van der Waals surface area contributed by atoms with Gasteiger partial charge in [0.05, 0.1) is 0 Å². The molecule has 0 aromatic heterocycles. The van der Waals surface area contributed by atoms with Crippen molar-refractivity contribution in [2.24, 2.45) is 5.92 Å². The molecule has 0 bridgehead atoms. The molecule has 0 N–H and O–H groups in total. The van der Waals surface area contributed by atoms with Gasteiger partial charge in [-0.15, -0.1) is 0 Å². The first-order valence-electron chi connectivity index (χ1n) is 21.9. The van der Waals surface area contributed by atoms with Gasteiger partial charge in [-0.25, -0.2) is 0 Å². The van der Waals surface area contributed by atoms with Gasteiger partial charge in [-0.1, -0.05) is 201 Å². The number of hydrogen-bond donors (Lipinski definition) is 0. The lowest BCUT2D eigenvalue weighted by Gasteiger charge is -2.18. The summed E-state index contributed by atoms with van der Waals surface area (Å²) in [7, 11) is 0. The van der Waals surface area contributed by atoms with Crippen LogP contribution in [-0.4, -0.2) is 37.2 Å². The molecule has 0 saturated heterocycles. The van der Waals surface area contributed by atoms with E-state index >= 15 is 0 Å². The summed E-state index contributed by atoms with van der Waals surface area (Å²) >= 11 is 0. The molecule has 0 aliphatic rings. The first-order valence-corrected chi connectivity index (χ1v) is 21.9. The molecule has 0 spiro atoms. The molecular formula is C44H84O6. The predicted molar refractivity (Wildman–Crippen MR) is 210 cm³/mol. The van der Waals surface area contributed by atoms with Gasteiger partial charge in [0.1, 0.15) is 13.2 Å². The van der Waals surface area contributed by atoms with Crippen LogP contribution in [0.5, 0.6) is 0 Å². The molecule has 0 saturated carbocycles. The van der Waals surface area contributed by atoms with Gasteiger partial charge in [0.15, 0.2) is 6.10 Å². The topological polar surface area (TPSA) is 78.9 Å². The van der Waals surface area contributed by atoms with E-state index in [9.17, 15) is 14.4 Å². The highest BCUT2D eigenvalue weighted by Gasteiger charge is 2.19. The Hall–Kier alpha value is -1.59. The summed E-state index contributed by atoms with van der Waals surface area (Å²) in [6.07, 6.45) is 36.8. The third kappa shape index (κ3) is 36.2. The van der Waals surface area contributed by atoms with Crippen molar-refractivity contribution in [1.29, 1.82) is 0 Å². The van der Waals surface area contributed by atoms with Crippen LogP contribution < -0.4 is 0 Å². The smallest absolute Gasteiger partial charge is 0.306 e. The van der Waals surface area contributed by atoms with Crippen LogP contribution in [0.1, 0.15) is 240 Å². The normalized spacial score (nSPS) is 12.5. The van der Waals surface area contributed by atoms with Crippen LogP contribution in [0, 0.1) is 5.92 Å². The Bertz CT molecular complexity index is 753. The molecule has 6 nitrogen and oxygen atoms in total. The van der Waals surface area contributed by atoms with Crippen LogP contribution in [-0.2, 0) is 28.6 Å². The van der Waals surface area contributed by atoms with Crippen molar-refractivity contribution in [2.45, 2.75) is 246 Å². The van der Waals surface area contributed by atoms with Crippen LogP contribution in [0.15, 0.2) is 0 Å². The molecule has 1 unspecified atom stereocenters. The first kappa shape index (κ1) is 48.4. The zero-order valence-corrected chi connectivity index (χ0v) is 33.9. The van der Waals surface area contributed by atoms with Crippen LogP contribution in [0.3, 0.4) is 0 Å². The Kier molecular flexibility index (Phi) is 37.4. The quantitative estimate of drug-likeness (QED) is 0.0359. The second-order valence-corrected chi connectivity index (χ2v) is 15.2. The second kappa shape index (κ2) is 38.6. The molecule has 0 amide bonds. The molecule has 0 fully saturated rings. The van der Waals surface area contributed by atoms with Crippen molar-refractivity contribution in [2.75, 3.05) is 13.2 Å². The first-order chi connectivity index (χ1) is 24.4. The number of carbonyl (C=O) groups excluding carboxylic acids is 3.